The molecule has 0 aliphatic heterocycles. The predicted octanol–water partition coefficient (Wildman–Crippen LogP) is 3.50. The van der Waals surface area contributed by atoms with Gasteiger partial charge in [0.05, 0.1) is 17.7 Å². The quantitative estimate of drug-likeness (QED) is 0.651. The van der Waals surface area contributed by atoms with Crippen molar-refractivity contribution in [3.8, 4) is 5.75 Å². The van der Waals surface area contributed by atoms with Crippen LogP contribution in [0.4, 0.5) is 0 Å². The van der Waals surface area contributed by atoms with Gasteiger partial charge in [-0.1, -0.05) is 30.3 Å². The van der Waals surface area contributed by atoms with Crippen LogP contribution >= 0.6 is 0 Å². The molecule has 142 valence electrons. The number of benzene rings is 2. The molecule has 3 aromatic rings. The average Bonchev–Trinajstić information content (AvgIpc) is 2.74. The molecule has 6 nitrogen and oxygen atoms in total. The number of carbonyl (C=O) groups is 2. The van der Waals surface area contributed by atoms with Crippen molar-refractivity contribution < 1.29 is 19.4 Å². The van der Waals surface area contributed by atoms with Gasteiger partial charge in [-0.05, 0) is 42.0 Å². The van der Waals surface area contributed by atoms with E-state index in [4.69, 9.17) is 9.84 Å². The number of rotatable bonds is 8. The Morgan fingerprint density at radius 1 is 0.929 bits per heavy atom. The number of carboxylic acids is 1. The van der Waals surface area contributed by atoms with Gasteiger partial charge in [0.2, 0.25) is 0 Å². The van der Waals surface area contributed by atoms with Gasteiger partial charge >= 0.3 is 5.97 Å². The van der Waals surface area contributed by atoms with Gasteiger partial charge in [-0.3, -0.25) is 9.78 Å². The molecule has 0 aliphatic carbocycles. The second kappa shape index (κ2) is 9.32. The van der Waals surface area contributed by atoms with E-state index in [2.05, 4.69) is 4.98 Å². The minimum Gasteiger partial charge on any atom is -0.492 e. The number of ether oxygens (including phenoxy) is 1. The van der Waals surface area contributed by atoms with E-state index in [1.54, 1.807) is 41.6 Å². The molecule has 0 saturated heterocycles. The number of nitrogens with zero attached hydrogens (tertiary/aromatic N) is 2. The Hall–Kier alpha value is -3.67. The predicted molar refractivity (Wildman–Crippen MR) is 104 cm³/mol. The molecule has 28 heavy (non-hydrogen) atoms. The highest BCUT2D eigenvalue weighted by atomic mass is 16.5. The summed E-state index contributed by atoms with van der Waals surface area (Å²) in [5, 5.41) is 8.94. The fourth-order valence-electron chi connectivity index (χ4n) is 2.70. The third-order valence-electron chi connectivity index (χ3n) is 4.14. The Balaban J connectivity index is 1.66. The van der Waals surface area contributed by atoms with Crippen LogP contribution in [-0.4, -0.2) is 40.0 Å². The van der Waals surface area contributed by atoms with Gasteiger partial charge in [-0.15, -0.1) is 0 Å². The highest BCUT2D eigenvalue weighted by Gasteiger charge is 2.16. The van der Waals surface area contributed by atoms with E-state index in [1.807, 2.05) is 30.3 Å². The smallest absolute Gasteiger partial charge is 0.335 e. The fourth-order valence-corrected chi connectivity index (χ4v) is 2.70. The normalized spacial score (nSPS) is 10.3. The number of hydrogen-bond acceptors (Lipinski definition) is 4. The molecule has 0 saturated carbocycles. The first-order valence-corrected chi connectivity index (χ1v) is 8.83. The first-order chi connectivity index (χ1) is 13.6. The Kier molecular flexibility index (Phi) is 6.36. The van der Waals surface area contributed by atoms with Crippen molar-refractivity contribution in [1.29, 1.82) is 0 Å². The average molecular weight is 376 g/mol. The summed E-state index contributed by atoms with van der Waals surface area (Å²) in [7, 11) is 0. The molecular weight excluding hydrogens is 356 g/mol. The van der Waals surface area contributed by atoms with Crippen molar-refractivity contribution in [2.24, 2.45) is 0 Å². The summed E-state index contributed by atoms with van der Waals surface area (Å²) in [6.07, 6.45) is 3.17. The lowest BCUT2D eigenvalue weighted by Crippen LogP contribution is -2.34. The molecule has 1 aromatic heterocycles. The van der Waals surface area contributed by atoms with Crippen molar-refractivity contribution in [3.05, 3.63) is 95.8 Å². The van der Waals surface area contributed by atoms with Gasteiger partial charge < -0.3 is 14.7 Å². The largest absolute Gasteiger partial charge is 0.492 e. The summed E-state index contributed by atoms with van der Waals surface area (Å²) in [5.41, 5.74) is 1.74. The van der Waals surface area contributed by atoms with E-state index < -0.39 is 5.97 Å². The molecular formula is C22H20N2O4. The standard InChI is InChI=1S/C22H20N2O4/c25-21(19-7-4-12-23-15-19)24(16-17-5-2-1-3-6-17)13-14-28-20-10-8-18(9-11-20)22(26)27/h1-12,15H,13-14,16H2,(H,26,27). The molecule has 0 spiro atoms. The van der Waals surface area contributed by atoms with Crippen LogP contribution in [0.15, 0.2) is 79.1 Å². The zero-order valence-electron chi connectivity index (χ0n) is 15.2. The monoisotopic (exact) mass is 376 g/mol. The number of aromatic carboxylic acids is 1. The number of amides is 1. The lowest BCUT2D eigenvalue weighted by Gasteiger charge is -2.23. The highest BCUT2D eigenvalue weighted by Crippen LogP contribution is 2.13. The van der Waals surface area contributed by atoms with Gasteiger partial charge in [-0.2, -0.15) is 0 Å². The molecule has 6 heteroatoms. The van der Waals surface area contributed by atoms with Gasteiger partial charge in [0.1, 0.15) is 12.4 Å². The van der Waals surface area contributed by atoms with E-state index in [0.29, 0.717) is 24.4 Å². The Bertz CT molecular complexity index is 912. The minimum absolute atomic E-state index is 0.123. The van der Waals surface area contributed by atoms with E-state index >= 15 is 0 Å². The number of carboxylic acid groups (broad SMARTS) is 1. The summed E-state index contributed by atoms with van der Waals surface area (Å²) >= 11 is 0. The van der Waals surface area contributed by atoms with Crippen LogP contribution in [0.25, 0.3) is 0 Å². The SMILES string of the molecule is O=C(O)c1ccc(OCCN(Cc2ccccc2)C(=O)c2cccnc2)cc1. The van der Waals surface area contributed by atoms with Crippen LogP contribution in [0.2, 0.25) is 0 Å². The summed E-state index contributed by atoms with van der Waals surface area (Å²) < 4.78 is 5.69. The minimum atomic E-state index is -0.984. The van der Waals surface area contributed by atoms with Crippen LogP contribution in [0.1, 0.15) is 26.3 Å². The van der Waals surface area contributed by atoms with Crippen molar-refractivity contribution in [3.63, 3.8) is 0 Å². The number of aromatic nitrogens is 1. The van der Waals surface area contributed by atoms with Crippen LogP contribution < -0.4 is 4.74 Å². The van der Waals surface area contributed by atoms with E-state index in [1.165, 1.54) is 12.1 Å². The van der Waals surface area contributed by atoms with E-state index in [-0.39, 0.29) is 18.1 Å². The molecule has 0 radical (unpaired) electrons. The highest BCUT2D eigenvalue weighted by molar-refractivity contribution is 5.93. The lowest BCUT2D eigenvalue weighted by atomic mass is 10.2. The van der Waals surface area contributed by atoms with Crippen LogP contribution in [-0.2, 0) is 6.54 Å². The number of pyridine rings is 1. The summed E-state index contributed by atoms with van der Waals surface area (Å²) in [6, 6.07) is 19.4. The van der Waals surface area contributed by atoms with Crippen LogP contribution in [0.5, 0.6) is 5.75 Å². The Morgan fingerprint density at radius 3 is 2.32 bits per heavy atom. The van der Waals surface area contributed by atoms with Gasteiger partial charge in [0, 0.05) is 18.9 Å². The molecule has 0 aliphatic rings. The number of hydrogen-bond donors (Lipinski definition) is 1. The topological polar surface area (TPSA) is 79.7 Å². The third-order valence-corrected chi connectivity index (χ3v) is 4.14. The zero-order chi connectivity index (χ0) is 19.8. The van der Waals surface area contributed by atoms with Gasteiger partial charge in [-0.25, -0.2) is 4.79 Å². The maximum Gasteiger partial charge on any atom is 0.335 e. The second-order valence-electron chi connectivity index (χ2n) is 6.13. The molecule has 1 amide bonds. The maximum absolute atomic E-state index is 12.9. The zero-order valence-corrected chi connectivity index (χ0v) is 15.2. The third kappa shape index (κ3) is 5.17. The molecule has 0 unspecified atom stereocenters. The summed E-state index contributed by atoms with van der Waals surface area (Å²) in [6.45, 7) is 1.12. The first kappa shape index (κ1) is 19.1. The fraction of sp³-hybridized carbons (Fsp3) is 0.136. The van der Waals surface area contributed by atoms with E-state index in [0.717, 1.165) is 5.56 Å². The lowest BCUT2D eigenvalue weighted by molar-refractivity contribution is 0.0692. The van der Waals surface area contributed by atoms with Crippen molar-refractivity contribution >= 4 is 11.9 Å². The van der Waals surface area contributed by atoms with Crippen molar-refractivity contribution in [2.75, 3.05) is 13.2 Å². The van der Waals surface area contributed by atoms with Crippen LogP contribution in [0, 0.1) is 0 Å². The summed E-state index contributed by atoms with van der Waals surface area (Å²) in [4.78, 5) is 29.5. The Morgan fingerprint density at radius 2 is 1.68 bits per heavy atom. The molecule has 3 rings (SSSR count). The first-order valence-electron chi connectivity index (χ1n) is 8.83. The van der Waals surface area contributed by atoms with Crippen LogP contribution in [0.3, 0.4) is 0 Å². The van der Waals surface area contributed by atoms with Crippen molar-refractivity contribution in [1.82, 2.24) is 9.88 Å². The van der Waals surface area contributed by atoms with Gasteiger partial charge in [0.25, 0.3) is 5.91 Å². The molecule has 1 N–H and O–H groups in total. The Labute approximate surface area is 163 Å². The molecule has 1 heterocycles. The number of carbonyl (C=O) groups excluding carboxylic acids is 1. The molecule has 0 bridgehead atoms. The van der Waals surface area contributed by atoms with E-state index in [9.17, 15) is 9.59 Å². The molecule has 0 fully saturated rings. The summed E-state index contributed by atoms with van der Waals surface area (Å²) in [5.74, 6) is -0.553. The second-order valence-corrected chi connectivity index (χ2v) is 6.13. The molecule has 2 aromatic carbocycles. The molecule has 0 atom stereocenters. The van der Waals surface area contributed by atoms with Gasteiger partial charge in [0.15, 0.2) is 0 Å². The maximum atomic E-state index is 12.9. The van der Waals surface area contributed by atoms with Crippen molar-refractivity contribution in [2.45, 2.75) is 6.54 Å².